The highest BCUT2D eigenvalue weighted by atomic mass is 32.2. The van der Waals surface area contributed by atoms with Crippen molar-refractivity contribution < 1.29 is 17.9 Å². The zero-order chi connectivity index (χ0) is 19.2. The van der Waals surface area contributed by atoms with Crippen molar-refractivity contribution in [3.8, 4) is 5.75 Å². The lowest BCUT2D eigenvalue weighted by atomic mass is 10.1. The Morgan fingerprint density at radius 3 is 2.23 bits per heavy atom. The quantitative estimate of drug-likeness (QED) is 0.570. The van der Waals surface area contributed by atoms with E-state index in [9.17, 15) is 13.2 Å². The molecule has 0 aliphatic rings. The smallest absolute Gasteiger partial charge is 0.259 e. The first kappa shape index (κ1) is 19.5. The number of sulfone groups is 1. The van der Waals surface area contributed by atoms with Crippen molar-refractivity contribution in [3.05, 3.63) is 54.1 Å². The third-order valence-electron chi connectivity index (χ3n) is 3.59. The number of nitrogens with one attached hydrogen (secondary N) is 2. The number of amides is 1. The molecule has 26 heavy (non-hydrogen) atoms. The second kappa shape index (κ2) is 8.48. The minimum absolute atomic E-state index is 0.0656. The van der Waals surface area contributed by atoms with E-state index in [2.05, 4.69) is 15.8 Å². The van der Waals surface area contributed by atoms with Crippen LogP contribution in [0.4, 0.5) is 5.69 Å². The first-order chi connectivity index (χ1) is 12.3. The minimum atomic E-state index is -3.23. The average Bonchev–Trinajstić information content (AvgIpc) is 2.64. The first-order valence-electron chi connectivity index (χ1n) is 7.81. The summed E-state index contributed by atoms with van der Waals surface area (Å²) >= 11 is 0. The number of carbonyl (C=O) groups excluding carboxylic acids is 1. The Labute approximate surface area is 153 Å². The fraction of sp³-hybridized carbons (Fsp3) is 0.222. The maximum absolute atomic E-state index is 11.9. The monoisotopic (exact) mass is 375 g/mol. The van der Waals surface area contributed by atoms with Gasteiger partial charge in [0, 0.05) is 11.9 Å². The normalized spacial score (nSPS) is 11.7. The summed E-state index contributed by atoms with van der Waals surface area (Å²) in [5, 5.41) is 7.01. The van der Waals surface area contributed by atoms with Crippen molar-refractivity contribution in [2.75, 3.05) is 25.2 Å². The zero-order valence-corrected chi connectivity index (χ0v) is 15.6. The van der Waals surface area contributed by atoms with E-state index in [1.807, 2.05) is 12.1 Å². The Hall–Kier alpha value is -2.87. The number of ether oxygens (including phenoxy) is 1. The number of methoxy groups -OCH3 is 1. The van der Waals surface area contributed by atoms with Gasteiger partial charge in [0.2, 0.25) is 0 Å². The van der Waals surface area contributed by atoms with Gasteiger partial charge in [0.1, 0.15) is 5.75 Å². The molecule has 0 atom stereocenters. The van der Waals surface area contributed by atoms with Gasteiger partial charge in [-0.2, -0.15) is 5.10 Å². The average molecular weight is 375 g/mol. The van der Waals surface area contributed by atoms with Crippen LogP contribution in [0.3, 0.4) is 0 Å². The molecule has 0 radical (unpaired) electrons. The van der Waals surface area contributed by atoms with Crippen LogP contribution in [-0.2, 0) is 14.6 Å². The second-order valence-corrected chi connectivity index (χ2v) is 7.63. The fourth-order valence-corrected chi connectivity index (χ4v) is 2.72. The summed E-state index contributed by atoms with van der Waals surface area (Å²) in [5.41, 5.74) is 4.55. The largest absolute Gasteiger partial charge is 0.497 e. The number of rotatable bonds is 7. The highest BCUT2D eigenvalue weighted by molar-refractivity contribution is 7.90. The Morgan fingerprint density at radius 1 is 1.08 bits per heavy atom. The number of benzene rings is 2. The van der Waals surface area contributed by atoms with Gasteiger partial charge in [-0.05, 0) is 48.9 Å². The molecule has 0 fully saturated rings. The van der Waals surface area contributed by atoms with Gasteiger partial charge in [-0.25, -0.2) is 13.8 Å². The SMILES string of the molecule is COc1ccc(NCC(=O)N/N=C(/C)c2ccc(S(C)(=O)=O)cc2)cc1. The third kappa shape index (κ3) is 5.59. The summed E-state index contributed by atoms with van der Waals surface area (Å²) < 4.78 is 28.0. The van der Waals surface area contributed by atoms with Crippen LogP contribution < -0.4 is 15.5 Å². The van der Waals surface area contributed by atoms with Crippen LogP contribution in [0.15, 0.2) is 58.5 Å². The summed E-state index contributed by atoms with van der Waals surface area (Å²) in [4.78, 5) is 12.1. The van der Waals surface area contributed by atoms with Crippen LogP contribution in [0.2, 0.25) is 0 Å². The maximum atomic E-state index is 11.9. The number of hydrogen-bond donors (Lipinski definition) is 2. The lowest BCUT2D eigenvalue weighted by molar-refractivity contribution is -0.119. The molecule has 7 nitrogen and oxygen atoms in total. The molecular weight excluding hydrogens is 354 g/mol. The van der Waals surface area contributed by atoms with Crippen LogP contribution >= 0.6 is 0 Å². The van der Waals surface area contributed by atoms with Crippen molar-refractivity contribution in [1.29, 1.82) is 0 Å². The fourth-order valence-electron chi connectivity index (χ4n) is 2.08. The third-order valence-corrected chi connectivity index (χ3v) is 4.72. The molecule has 0 saturated heterocycles. The zero-order valence-electron chi connectivity index (χ0n) is 14.8. The molecule has 0 aromatic heterocycles. The molecule has 0 spiro atoms. The predicted octanol–water partition coefficient (Wildman–Crippen LogP) is 2.05. The molecule has 0 aliphatic carbocycles. The molecule has 1 amide bonds. The first-order valence-corrected chi connectivity index (χ1v) is 9.70. The van der Waals surface area contributed by atoms with Gasteiger partial charge in [-0.1, -0.05) is 12.1 Å². The Morgan fingerprint density at radius 2 is 1.69 bits per heavy atom. The lowest BCUT2D eigenvalue weighted by Gasteiger charge is -2.07. The Kier molecular flexibility index (Phi) is 6.35. The number of nitrogens with zero attached hydrogens (tertiary/aromatic N) is 1. The summed E-state index contributed by atoms with van der Waals surface area (Å²) in [5.74, 6) is 0.440. The van der Waals surface area contributed by atoms with Crippen LogP contribution in [0, 0.1) is 0 Å². The van der Waals surface area contributed by atoms with Crippen LogP contribution in [0.5, 0.6) is 5.75 Å². The highest BCUT2D eigenvalue weighted by Crippen LogP contribution is 2.14. The van der Waals surface area contributed by atoms with E-state index in [0.29, 0.717) is 5.71 Å². The van der Waals surface area contributed by atoms with Gasteiger partial charge in [-0.3, -0.25) is 4.79 Å². The van der Waals surface area contributed by atoms with Crippen molar-refractivity contribution in [2.24, 2.45) is 5.10 Å². The molecule has 0 bridgehead atoms. The molecule has 0 unspecified atom stereocenters. The van der Waals surface area contributed by atoms with Crippen LogP contribution in [-0.4, -0.2) is 39.9 Å². The van der Waals surface area contributed by atoms with E-state index in [0.717, 1.165) is 23.3 Å². The Balaban J connectivity index is 1.90. The van der Waals surface area contributed by atoms with E-state index >= 15 is 0 Å². The van der Waals surface area contributed by atoms with Crippen molar-refractivity contribution >= 4 is 27.1 Å². The van der Waals surface area contributed by atoms with Gasteiger partial charge in [0.15, 0.2) is 9.84 Å². The molecule has 0 heterocycles. The van der Waals surface area contributed by atoms with Crippen molar-refractivity contribution in [2.45, 2.75) is 11.8 Å². The molecule has 2 aromatic carbocycles. The van der Waals surface area contributed by atoms with E-state index in [1.54, 1.807) is 38.3 Å². The molecule has 0 saturated carbocycles. The van der Waals surface area contributed by atoms with Gasteiger partial charge in [-0.15, -0.1) is 0 Å². The molecule has 8 heteroatoms. The molecular formula is C18H21N3O4S. The minimum Gasteiger partial charge on any atom is -0.497 e. The molecule has 138 valence electrons. The van der Waals surface area contributed by atoms with Gasteiger partial charge < -0.3 is 10.1 Å². The van der Waals surface area contributed by atoms with E-state index < -0.39 is 9.84 Å². The molecule has 2 aromatic rings. The summed E-state index contributed by atoms with van der Waals surface area (Å²) in [6.07, 6.45) is 1.15. The highest BCUT2D eigenvalue weighted by Gasteiger charge is 2.07. The van der Waals surface area contributed by atoms with Crippen molar-refractivity contribution in [3.63, 3.8) is 0 Å². The topological polar surface area (TPSA) is 96.9 Å². The second-order valence-electron chi connectivity index (χ2n) is 5.61. The molecule has 2 N–H and O–H groups in total. The van der Waals surface area contributed by atoms with Crippen molar-refractivity contribution in [1.82, 2.24) is 5.43 Å². The predicted molar refractivity (Wildman–Crippen MR) is 101 cm³/mol. The van der Waals surface area contributed by atoms with Gasteiger partial charge >= 0.3 is 0 Å². The summed E-state index contributed by atoms with van der Waals surface area (Å²) in [6.45, 7) is 1.79. The van der Waals surface area contributed by atoms with E-state index in [-0.39, 0.29) is 17.3 Å². The van der Waals surface area contributed by atoms with Crippen LogP contribution in [0.1, 0.15) is 12.5 Å². The number of anilines is 1. The number of carbonyl (C=O) groups is 1. The van der Waals surface area contributed by atoms with Gasteiger partial charge in [0.25, 0.3) is 5.91 Å². The maximum Gasteiger partial charge on any atom is 0.259 e. The standard InChI is InChI=1S/C18H21N3O4S/c1-13(14-4-10-17(11-5-14)26(3,23)24)20-21-18(22)12-19-15-6-8-16(25-2)9-7-15/h4-11,19H,12H2,1-3H3,(H,21,22)/b20-13-. The van der Waals surface area contributed by atoms with E-state index in [4.69, 9.17) is 4.74 Å². The summed E-state index contributed by atoms with van der Waals surface area (Å²) in [7, 11) is -1.65. The number of hydrazone groups is 1. The van der Waals surface area contributed by atoms with Gasteiger partial charge in [0.05, 0.1) is 24.3 Å². The lowest BCUT2D eigenvalue weighted by Crippen LogP contribution is -2.26. The number of hydrogen-bond acceptors (Lipinski definition) is 6. The van der Waals surface area contributed by atoms with Crippen LogP contribution in [0.25, 0.3) is 0 Å². The molecule has 2 rings (SSSR count). The Bertz CT molecular complexity index is 889. The summed E-state index contributed by atoms with van der Waals surface area (Å²) in [6, 6.07) is 13.5. The molecule has 0 aliphatic heterocycles. The van der Waals surface area contributed by atoms with E-state index in [1.165, 1.54) is 12.1 Å².